The van der Waals surface area contributed by atoms with Gasteiger partial charge in [0.25, 0.3) is 0 Å². The van der Waals surface area contributed by atoms with Crippen LogP contribution >= 0.6 is 11.8 Å². The molecule has 0 aliphatic rings. The number of imidazole rings is 1. The van der Waals surface area contributed by atoms with Crippen molar-refractivity contribution < 1.29 is 0 Å². The smallest absolute Gasteiger partial charge is 0.189 e. The maximum absolute atomic E-state index is 8.79. The molecular formula is C14H12N6S. The van der Waals surface area contributed by atoms with E-state index < -0.39 is 0 Å². The molecule has 0 bridgehead atoms. The summed E-state index contributed by atoms with van der Waals surface area (Å²) in [6.07, 6.45) is 5.47. The zero-order valence-electron chi connectivity index (χ0n) is 11.3. The van der Waals surface area contributed by atoms with E-state index >= 15 is 0 Å². The van der Waals surface area contributed by atoms with Crippen LogP contribution in [0, 0.1) is 18.3 Å². The summed E-state index contributed by atoms with van der Waals surface area (Å²) in [5.74, 6) is 0.854. The quantitative estimate of drug-likeness (QED) is 0.588. The summed E-state index contributed by atoms with van der Waals surface area (Å²) < 4.78 is 2.00. The molecule has 0 unspecified atom stereocenters. The molecule has 0 spiro atoms. The summed E-state index contributed by atoms with van der Waals surface area (Å²) in [6, 6.07) is 5.96. The number of nitrogens with two attached hydrogens (primary N) is 1. The number of hydrogen-bond acceptors (Lipinski definition) is 6. The second-order valence-corrected chi connectivity index (χ2v) is 5.50. The van der Waals surface area contributed by atoms with Crippen molar-refractivity contribution in [3.8, 4) is 6.07 Å². The molecule has 0 aliphatic heterocycles. The Morgan fingerprint density at radius 3 is 2.95 bits per heavy atom. The van der Waals surface area contributed by atoms with Crippen molar-refractivity contribution >= 4 is 23.2 Å². The maximum atomic E-state index is 8.79. The standard InChI is InChI=1S/C14H12N6S/c1-9-2-3-12-18-11(7-20(12)6-9)8-21-14-17-5-10(4-15)13(16)19-14/h2-3,5-7H,8H2,1H3,(H2,16,17,19). The average Bonchev–Trinajstić information content (AvgIpc) is 2.87. The van der Waals surface area contributed by atoms with Gasteiger partial charge in [-0.15, -0.1) is 0 Å². The fourth-order valence-corrected chi connectivity index (χ4v) is 2.60. The van der Waals surface area contributed by atoms with Crippen molar-refractivity contribution in [2.24, 2.45) is 0 Å². The fraction of sp³-hybridized carbons (Fsp3) is 0.143. The van der Waals surface area contributed by atoms with Gasteiger partial charge in [-0.1, -0.05) is 17.8 Å². The zero-order chi connectivity index (χ0) is 14.8. The monoisotopic (exact) mass is 296 g/mol. The Kier molecular flexibility index (Phi) is 3.46. The van der Waals surface area contributed by atoms with Crippen LogP contribution in [0.5, 0.6) is 0 Å². The van der Waals surface area contributed by atoms with E-state index in [1.165, 1.54) is 23.5 Å². The lowest BCUT2D eigenvalue weighted by Gasteiger charge is -2.00. The van der Waals surface area contributed by atoms with E-state index in [-0.39, 0.29) is 5.82 Å². The van der Waals surface area contributed by atoms with Crippen molar-refractivity contribution in [3.63, 3.8) is 0 Å². The predicted octanol–water partition coefficient (Wildman–Crippen LogP) is 2.18. The first kappa shape index (κ1) is 13.4. The van der Waals surface area contributed by atoms with Crippen LogP contribution in [0.4, 0.5) is 5.82 Å². The van der Waals surface area contributed by atoms with Gasteiger partial charge in [0.15, 0.2) is 5.16 Å². The number of thioether (sulfide) groups is 1. The molecule has 0 aliphatic carbocycles. The first-order chi connectivity index (χ1) is 10.2. The number of anilines is 1. The van der Waals surface area contributed by atoms with Gasteiger partial charge in [0.2, 0.25) is 0 Å². The van der Waals surface area contributed by atoms with E-state index in [2.05, 4.69) is 15.0 Å². The van der Waals surface area contributed by atoms with Crippen LogP contribution in [0.2, 0.25) is 0 Å². The molecule has 3 heterocycles. The van der Waals surface area contributed by atoms with Crippen molar-refractivity contribution in [2.75, 3.05) is 5.73 Å². The van der Waals surface area contributed by atoms with Gasteiger partial charge in [0, 0.05) is 18.1 Å². The van der Waals surface area contributed by atoms with E-state index in [1.54, 1.807) is 0 Å². The first-order valence-electron chi connectivity index (χ1n) is 6.25. The molecule has 3 aromatic rings. The fourth-order valence-electron chi connectivity index (χ4n) is 1.90. The van der Waals surface area contributed by atoms with Crippen LogP contribution in [0.25, 0.3) is 5.65 Å². The highest BCUT2D eigenvalue weighted by atomic mass is 32.2. The van der Waals surface area contributed by atoms with Gasteiger partial charge in [-0.25, -0.2) is 15.0 Å². The van der Waals surface area contributed by atoms with Crippen LogP contribution in [0.1, 0.15) is 16.8 Å². The Morgan fingerprint density at radius 1 is 1.33 bits per heavy atom. The molecule has 6 nitrogen and oxygen atoms in total. The Morgan fingerprint density at radius 2 is 2.19 bits per heavy atom. The molecule has 21 heavy (non-hydrogen) atoms. The first-order valence-corrected chi connectivity index (χ1v) is 7.24. The largest absolute Gasteiger partial charge is 0.382 e. The molecule has 0 atom stereocenters. The van der Waals surface area contributed by atoms with Gasteiger partial charge in [-0.3, -0.25) is 0 Å². The highest BCUT2D eigenvalue weighted by Crippen LogP contribution is 2.20. The molecule has 2 N–H and O–H groups in total. The number of rotatable bonds is 3. The third-order valence-electron chi connectivity index (χ3n) is 2.91. The van der Waals surface area contributed by atoms with Gasteiger partial charge in [0.1, 0.15) is 23.1 Å². The van der Waals surface area contributed by atoms with Gasteiger partial charge in [-0.2, -0.15) is 5.26 Å². The number of nitriles is 1. The molecule has 0 fully saturated rings. The average molecular weight is 296 g/mol. The van der Waals surface area contributed by atoms with Gasteiger partial charge >= 0.3 is 0 Å². The SMILES string of the molecule is Cc1ccc2nc(CSc3ncc(C#N)c(N)n3)cn2c1. The number of hydrogen-bond donors (Lipinski definition) is 1. The Labute approximate surface area is 125 Å². The topological polar surface area (TPSA) is 92.9 Å². The van der Waals surface area contributed by atoms with E-state index in [9.17, 15) is 0 Å². The molecule has 0 amide bonds. The van der Waals surface area contributed by atoms with E-state index in [0.717, 1.165) is 11.3 Å². The van der Waals surface area contributed by atoms with E-state index in [0.29, 0.717) is 16.5 Å². The van der Waals surface area contributed by atoms with Crippen LogP contribution in [-0.2, 0) is 5.75 Å². The Balaban J connectivity index is 1.77. The molecule has 0 saturated carbocycles. The van der Waals surface area contributed by atoms with Gasteiger partial charge in [-0.05, 0) is 18.6 Å². The van der Waals surface area contributed by atoms with Crippen LogP contribution in [0.3, 0.4) is 0 Å². The maximum Gasteiger partial charge on any atom is 0.189 e. The second-order valence-electron chi connectivity index (χ2n) is 4.56. The Bertz CT molecular complexity index is 848. The van der Waals surface area contributed by atoms with Crippen molar-refractivity contribution in [1.29, 1.82) is 5.26 Å². The summed E-state index contributed by atoms with van der Waals surface area (Å²) in [6.45, 7) is 2.04. The molecule has 0 aromatic carbocycles. The molecule has 7 heteroatoms. The van der Waals surface area contributed by atoms with Crippen molar-refractivity contribution in [3.05, 3.63) is 47.5 Å². The van der Waals surface area contributed by atoms with Crippen LogP contribution in [-0.4, -0.2) is 19.4 Å². The zero-order valence-corrected chi connectivity index (χ0v) is 12.1. The summed E-state index contributed by atoms with van der Waals surface area (Å²) in [4.78, 5) is 12.7. The molecule has 0 saturated heterocycles. The Hall–Kier alpha value is -2.59. The lowest BCUT2D eigenvalue weighted by Crippen LogP contribution is -1.98. The number of fused-ring (bicyclic) bond motifs is 1. The predicted molar refractivity (Wildman–Crippen MR) is 80.6 cm³/mol. The minimum Gasteiger partial charge on any atom is -0.382 e. The molecular weight excluding hydrogens is 284 g/mol. The van der Waals surface area contributed by atoms with Crippen molar-refractivity contribution in [2.45, 2.75) is 17.8 Å². The number of aromatic nitrogens is 4. The number of aryl methyl sites for hydroxylation is 1. The molecule has 0 radical (unpaired) electrons. The van der Waals surface area contributed by atoms with Gasteiger partial charge in [0.05, 0.1) is 11.9 Å². The number of nitrogen functional groups attached to an aromatic ring is 1. The summed E-state index contributed by atoms with van der Waals surface area (Å²) in [5.41, 5.74) is 9.00. The minimum atomic E-state index is 0.209. The summed E-state index contributed by atoms with van der Waals surface area (Å²) >= 11 is 1.44. The normalized spacial score (nSPS) is 10.7. The third-order valence-corrected chi connectivity index (χ3v) is 3.81. The summed E-state index contributed by atoms with van der Waals surface area (Å²) in [5, 5.41) is 9.33. The molecule has 104 valence electrons. The highest BCUT2D eigenvalue weighted by molar-refractivity contribution is 7.98. The molecule has 3 aromatic heterocycles. The van der Waals surface area contributed by atoms with E-state index in [4.69, 9.17) is 11.0 Å². The van der Waals surface area contributed by atoms with Gasteiger partial charge < -0.3 is 10.1 Å². The number of pyridine rings is 1. The minimum absolute atomic E-state index is 0.209. The third kappa shape index (κ3) is 2.80. The highest BCUT2D eigenvalue weighted by Gasteiger charge is 2.07. The lowest BCUT2D eigenvalue weighted by molar-refractivity contribution is 0.967. The second kappa shape index (κ2) is 5.42. The van der Waals surface area contributed by atoms with Crippen molar-refractivity contribution in [1.82, 2.24) is 19.4 Å². The number of nitrogens with zero attached hydrogens (tertiary/aromatic N) is 5. The summed E-state index contributed by atoms with van der Waals surface area (Å²) in [7, 11) is 0. The molecule has 3 rings (SSSR count). The van der Waals surface area contributed by atoms with Crippen LogP contribution < -0.4 is 5.73 Å². The lowest BCUT2D eigenvalue weighted by atomic mass is 10.3. The van der Waals surface area contributed by atoms with Crippen LogP contribution in [0.15, 0.2) is 35.9 Å². The van der Waals surface area contributed by atoms with E-state index in [1.807, 2.05) is 41.9 Å².